The zero-order valence-electron chi connectivity index (χ0n) is 15.0. The summed E-state index contributed by atoms with van der Waals surface area (Å²) in [4.78, 5) is 16.9. The molecule has 5 heteroatoms. The molecule has 0 fully saturated rings. The van der Waals surface area contributed by atoms with Crippen LogP contribution in [-0.2, 0) is 0 Å². The highest BCUT2D eigenvalue weighted by Gasteiger charge is 2.10. The van der Waals surface area contributed by atoms with Crippen LogP contribution in [0.5, 0.6) is 5.75 Å². The van der Waals surface area contributed by atoms with Crippen LogP contribution < -0.4 is 10.1 Å². The fraction of sp³-hybridized carbons (Fsp3) is 0.0909. The van der Waals surface area contributed by atoms with Gasteiger partial charge in [0.05, 0.1) is 7.11 Å². The van der Waals surface area contributed by atoms with Crippen LogP contribution in [0.3, 0.4) is 0 Å². The number of methoxy groups -OCH3 is 1. The number of fused-ring (bicyclic) bond motifs is 1. The molecule has 0 spiro atoms. The largest absolute Gasteiger partial charge is 0.497 e. The first-order chi connectivity index (χ1) is 13.1. The molecule has 0 radical (unpaired) electrons. The third kappa shape index (κ3) is 3.53. The lowest BCUT2D eigenvalue weighted by atomic mass is 10.1. The number of aryl methyl sites for hydroxylation is 1. The van der Waals surface area contributed by atoms with Gasteiger partial charge in [0.2, 0.25) is 5.89 Å². The molecule has 1 heterocycles. The molecule has 0 aliphatic rings. The number of hydrogen-bond donors (Lipinski definition) is 1. The second-order valence-electron chi connectivity index (χ2n) is 6.25. The Hall–Kier alpha value is -3.60. The van der Waals surface area contributed by atoms with E-state index in [0.29, 0.717) is 22.9 Å². The van der Waals surface area contributed by atoms with E-state index in [0.717, 1.165) is 22.2 Å². The van der Waals surface area contributed by atoms with Crippen molar-refractivity contribution in [2.75, 3.05) is 12.4 Å². The van der Waals surface area contributed by atoms with E-state index in [-0.39, 0.29) is 5.91 Å². The predicted octanol–water partition coefficient (Wildman–Crippen LogP) is 5.06. The number of rotatable bonds is 4. The van der Waals surface area contributed by atoms with Gasteiger partial charge in [0.1, 0.15) is 11.3 Å². The molecule has 0 aliphatic carbocycles. The number of carbonyl (C=O) groups is 1. The van der Waals surface area contributed by atoms with Crippen LogP contribution in [0, 0.1) is 6.92 Å². The van der Waals surface area contributed by atoms with E-state index in [1.54, 1.807) is 31.4 Å². The summed E-state index contributed by atoms with van der Waals surface area (Å²) in [7, 11) is 1.59. The maximum absolute atomic E-state index is 12.3. The zero-order valence-corrected chi connectivity index (χ0v) is 15.0. The molecule has 4 aromatic rings. The minimum Gasteiger partial charge on any atom is -0.497 e. The SMILES string of the molecule is COc1ccc(C(=O)Nc2ccc(-c3nc4cc(C)ccc4o3)cc2)cc1. The molecule has 1 N–H and O–H groups in total. The second-order valence-corrected chi connectivity index (χ2v) is 6.25. The normalized spacial score (nSPS) is 10.7. The highest BCUT2D eigenvalue weighted by Crippen LogP contribution is 2.26. The van der Waals surface area contributed by atoms with Crippen LogP contribution in [0.25, 0.3) is 22.6 Å². The lowest BCUT2D eigenvalue weighted by molar-refractivity contribution is 0.102. The Morgan fingerprint density at radius 2 is 1.74 bits per heavy atom. The highest BCUT2D eigenvalue weighted by atomic mass is 16.5. The Labute approximate surface area is 156 Å². The van der Waals surface area contributed by atoms with E-state index < -0.39 is 0 Å². The highest BCUT2D eigenvalue weighted by molar-refractivity contribution is 6.04. The van der Waals surface area contributed by atoms with Gasteiger partial charge in [0.25, 0.3) is 5.91 Å². The van der Waals surface area contributed by atoms with Gasteiger partial charge in [-0.25, -0.2) is 4.98 Å². The van der Waals surface area contributed by atoms with Crippen molar-refractivity contribution in [2.24, 2.45) is 0 Å². The van der Waals surface area contributed by atoms with Crippen LogP contribution in [0.4, 0.5) is 5.69 Å². The van der Waals surface area contributed by atoms with E-state index >= 15 is 0 Å². The van der Waals surface area contributed by atoms with Crippen molar-refractivity contribution in [1.82, 2.24) is 4.98 Å². The van der Waals surface area contributed by atoms with Gasteiger partial charge in [-0.15, -0.1) is 0 Å². The zero-order chi connectivity index (χ0) is 18.8. The summed E-state index contributed by atoms with van der Waals surface area (Å²) >= 11 is 0. The van der Waals surface area contributed by atoms with Gasteiger partial charge in [0.15, 0.2) is 5.58 Å². The minimum absolute atomic E-state index is 0.178. The van der Waals surface area contributed by atoms with Crippen molar-refractivity contribution in [3.63, 3.8) is 0 Å². The Morgan fingerprint density at radius 3 is 2.44 bits per heavy atom. The van der Waals surface area contributed by atoms with Crippen molar-refractivity contribution in [1.29, 1.82) is 0 Å². The summed E-state index contributed by atoms with van der Waals surface area (Å²) in [6.45, 7) is 2.02. The quantitative estimate of drug-likeness (QED) is 0.553. The van der Waals surface area contributed by atoms with Crippen LogP contribution in [0.1, 0.15) is 15.9 Å². The maximum Gasteiger partial charge on any atom is 0.255 e. The fourth-order valence-corrected chi connectivity index (χ4v) is 2.80. The smallest absolute Gasteiger partial charge is 0.255 e. The lowest BCUT2D eigenvalue weighted by Crippen LogP contribution is -2.11. The van der Waals surface area contributed by atoms with Gasteiger partial charge in [-0.1, -0.05) is 6.07 Å². The van der Waals surface area contributed by atoms with Crippen LogP contribution >= 0.6 is 0 Å². The molecule has 4 rings (SSSR count). The molecule has 0 saturated heterocycles. The van der Waals surface area contributed by atoms with Gasteiger partial charge >= 0.3 is 0 Å². The van der Waals surface area contributed by atoms with Gasteiger partial charge < -0.3 is 14.5 Å². The Kier molecular flexibility index (Phi) is 4.34. The van der Waals surface area contributed by atoms with Gasteiger partial charge in [-0.3, -0.25) is 4.79 Å². The molecule has 0 bridgehead atoms. The van der Waals surface area contributed by atoms with Crippen molar-refractivity contribution in [3.05, 3.63) is 77.9 Å². The Balaban J connectivity index is 1.51. The number of benzene rings is 3. The predicted molar refractivity (Wildman–Crippen MR) is 105 cm³/mol. The number of carbonyl (C=O) groups excluding carboxylic acids is 1. The lowest BCUT2D eigenvalue weighted by Gasteiger charge is -2.06. The fourth-order valence-electron chi connectivity index (χ4n) is 2.80. The molecule has 3 aromatic carbocycles. The molecule has 0 unspecified atom stereocenters. The van der Waals surface area contributed by atoms with Crippen molar-refractivity contribution in [2.45, 2.75) is 6.92 Å². The van der Waals surface area contributed by atoms with E-state index in [4.69, 9.17) is 9.15 Å². The number of nitrogens with one attached hydrogen (secondary N) is 1. The second kappa shape index (κ2) is 6.96. The third-order valence-electron chi connectivity index (χ3n) is 4.28. The first-order valence-corrected chi connectivity index (χ1v) is 8.55. The molecular formula is C22H18N2O3. The molecule has 1 amide bonds. The number of amides is 1. The standard InChI is InChI=1S/C22H18N2O3/c1-14-3-12-20-19(13-14)24-22(27-20)16-4-8-17(9-5-16)23-21(25)15-6-10-18(26-2)11-7-15/h3-13H,1-2H3,(H,23,25). The Morgan fingerprint density at radius 1 is 1.00 bits per heavy atom. The topological polar surface area (TPSA) is 64.4 Å². The van der Waals surface area contributed by atoms with Crippen molar-refractivity contribution in [3.8, 4) is 17.2 Å². The maximum atomic E-state index is 12.3. The molecule has 0 atom stereocenters. The van der Waals surface area contributed by atoms with E-state index in [1.165, 1.54) is 0 Å². The monoisotopic (exact) mass is 358 g/mol. The van der Waals surface area contributed by atoms with E-state index in [1.807, 2.05) is 49.4 Å². The molecular weight excluding hydrogens is 340 g/mol. The molecule has 1 aromatic heterocycles. The molecule has 0 aliphatic heterocycles. The number of aromatic nitrogens is 1. The van der Waals surface area contributed by atoms with Crippen LogP contribution in [-0.4, -0.2) is 18.0 Å². The molecule has 0 saturated carbocycles. The minimum atomic E-state index is -0.178. The summed E-state index contributed by atoms with van der Waals surface area (Å²) < 4.78 is 10.9. The summed E-state index contributed by atoms with van der Waals surface area (Å²) in [6, 6.07) is 20.3. The first kappa shape index (κ1) is 16.8. The third-order valence-corrected chi connectivity index (χ3v) is 4.28. The molecule has 134 valence electrons. The Bertz CT molecular complexity index is 1100. The van der Waals surface area contributed by atoms with E-state index in [2.05, 4.69) is 10.3 Å². The summed E-state index contributed by atoms with van der Waals surface area (Å²) in [6.07, 6.45) is 0. The van der Waals surface area contributed by atoms with Crippen molar-refractivity contribution >= 4 is 22.7 Å². The van der Waals surface area contributed by atoms with Crippen molar-refractivity contribution < 1.29 is 13.9 Å². The number of anilines is 1. The number of oxazole rings is 1. The molecule has 27 heavy (non-hydrogen) atoms. The number of hydrogen-bond acceptors (Lipinski definition) is 4. The summed E-state index contributed by atoms with van der Waals surface area (Å²) in [5.41, 5.74) is 4.85. The van der Waals surface area contributed by atoms with Gasteiger partial charge in [-0.05, 0) is 73.2 Å². The number of ether oxygens (including phenoxy) is 1. The van der Waals surface area contributed by atoms with Gasteiger partial charge in [-0.2, -0.15) is 0 Å². The molecule has 5 nitrogen and oxygen atoms in total. The first-order valence-electron chi connectivity index (χ1n) is 8.55. The summed E-state index contributed by atoms with van der Waals surface area (Å²) in [5.74, 6) is 1.09. The van der Waals surface area contributed by atoms with E-state index in [9.17, 15) is 4.79 Å². The summed E-state index contributed by atoms with van der Waals surface area (Å²) in [5, 5.41) is 2.88. The number of nitrogens with zero attached hydrogens (tertiary/aromatic N) is 1. The average molecular weight is 358 g/mol. The van der Waals surface area contributed by atoms with Crippen LogP contribution in [0.15, 0.2) is 71.1 Å². The average Bonchev–Trinajstić information content (AvgIpc) is 3.11. The van der Waals surface area contributed by atoms with Gasteiger partial charge in [0, 0.05) is 16.8 Å². The van der Waals surface area contributed by atoms with Crippen LogP contribution in [0.2, 0.25) is 0 Å².